The van der Waals surface area contributed by atoms with Gasteiger partial charge in [0.05, 0.1) is 18.2 Å². The van der Waals surface area contributed by atoms with E-state index in [4.69, 9.17) is 14.2 Å². The topological polar surface area (TPSA) is 87.2 Å². The smallest absolute Gasteiger partial charge is 0.308 e. The summed E-state index contributed by atoms with van der Waals surface area (Å²) in [5.74, 6) is 0.612. The third-order valence-corrected chi connectivity index (χ3v) is 9.51. The molecule has 7 nitrogen and oxygen atoms in total. The minimum atomic E-state index is -0.336. The third-order valence-electron chi connectivity index (χ3n) is 9.51. The first-order chi connectivity index (χ1) is 19.8. The number of rotatable bonds is 11. The van der Waals surface area contributed by atoms with Gasteiger partial charge in [-0.05, 0) is 83.3 Å². The van der Waals surface area contributed by atoms with Crippen LogP contribution < -0.4 is 29.5 Å². The van der Waals surface area contributed by atoms with Gasteiger partial charge in [-0.2, -0.15) is 0 Å². The van der Waals surface area contributed by atoms with Gasteiger partial charge in [-0.15, -0.1) is 0 Å². The molecule has 0 saturated heterocycles. The standard InChI is InChI=1S/C33H44FN3O4.HI/c1-4-8-24(9-5-2)32(39)40-21-33(18-15-26-22(3)35-29-10-6-7-19-37(29)31(26)38)16-13-23(14-17-33)30-27-12-11-25(34)20-28(27)41-36-30;/h11-12,20,23-24H,4-10,13-19,21H2,1-3H3;1H/p-1. The molecule has 0 amide bonds. The predicted octanol–water partition coefficient (Wildman–Crippen LogP) is 4.21. The molecule has 1 aromatic carbocycles. The van der Waals surface area contributed by atoms with Crippen molar-refractivity contribution in [1.29, 1.82) is 0 Å². The van der Waals surface area contributed by atoms with E-state index >= 15 is 0 Å². The Morgan fingerprint density at radius 3 is 2.64 bits per heavy atom. The molecule has 3 aromatic rings. The summed E-state index contributed by atoms with van der Waals surface area (Å²) in [6.45, 7) is 7.27. The molecule has 5 rings (SSSR count). The Bertz CT molecular complexity index is 1420. The van der Waals surface area contributed by atoms with Gasteiger partial charge in [0.25, 0.3) is 5.56 Å². The Labute approximate surface area is 265 Å². The average Bonchev–Trinajstić information content (AvgIpc) is 3.39. The highest BCUT2D eigenvalue weighted by Gasteiger charge is 2.39. The molecule has 1 aliphatic heterocycles. The first-order valence-corrected chi connectivity index (χ1v) is 15.6. The predicted molar refractivity (Wildman–Crippen MR) is 156 cm³/mol. The summed E-state index contributed by atoms with van der Waals surface area (Å²) in [7, 11) is 0. The molecule has 9 heteroatoms. The van der Waals surface area contributed by atoms with Crippen LogP contribution in [0, 0.1) is 24.1 Å². The molecule has 1 fully saturated rings. The van der Waals surface area contributed by atoms with Crippen molar-refractivity contribution >= 4 is 16.9 Å². The highest BCUT2D eigenvalue weighted by molar-refractivity contribution is 5.80. The number of aryl methyl sites for hydroxylation is 2. The molecule has 2 aromatic heterocycles. The molecule has 230 valence electrons. The van der Waals surface area contributed by atoms with E-state index in [-0.39, 0.29) is 58.6 Å². The van der Waals surface area contributed by atoms with Crippen molar-refractivity contribution in [2.45, 2.75) is 117 Å². The van der Waals surface area contributed by atoms with Gasteiger partial charge in [-0.25, -0.2) is 9.37 Å². The molecule has 0 N–H and O–H groups in total. The normalized spacial score (nSPS) is 20.4. The Balaban J connectivity index is 0.00000405. The van der Waals surface area contributed by atoms with Crippen molar-refractivity contribution in [2.75, 3.05) is 6.61 Å². The minimum absolute atomic E-state index is 0. The maximum absolute atomic E-state index is 13.7. The number of carbonyl (C=O) groups excluding carboxylic acids is 1. The number of esters is 1. The molecule has 42 heavy (non-hydrogen) atoms. The second kappa shape index (κ2) is 14.4. The van der Waals surface area contributed by atoms with Crippen molar-refractivity contribution in [1.82, 2.24) is 14.7 Å². The zero-order valence-corrected chi connectivity index (χ0v) is 27.4. The lowest BCUT2D eigenvalue weighted by atomic mass is 9.67. The van der Waals surface area contributed by atoms with Crippen molar-refractivity contribution < 1.29 is 42.4 Å². The summed E-state index contributed by atoms with van der Waals surface area (Å²) in [4.78, 5) is 31.4. The van der Waals surface area contributed by atoms with Gasteiger partial charge in [0.2, 0.25) is 0 Å². The van der Waals surface area contributed by atoms with Crippen LogP contribution in [-0.4, -0.2) is 27.3 Å². The van der Waals surface area contributed by atoms with Crippen molar-refractivity contribution in [3.05, 3.63) is 57.1 Å². The van der Waals surface area contributed by atoms with E-state index < -0.39 is 0 Å². The molecule has 2 aliphatic rings. The van der Waals surface area contributed by atoms with Gasteiger partial charge in [-0.1, -0.05) is 31.8 Å². The van der Waals surface area contributed by atoms with Crippen LogP contribution in [0.1, 0.15) is 113 Å². The highest BCUT2D eigenvalue weighted by Crippen LogP contribution is 2.47. The van der Waals surface area contributed by atoms with Crippen LogP contribution in [0.3, 0.4) is 0 Å². The van der Waals surface area contributed by atoms with Crippen LogP contribution in [0.15, 0.2) is 27.5 Å². The lowest BCUT2D eigenvalue weighted by Crippen LogP contribution is -3.00. The third kappa shape index (κ3) is 7.08. The molecular weight excluding hydrogens is 648 g/mol. The molecular formula is C33H44FIN3O4-. The van der Waals surface area contributed by atoms with Gasteiger partial charge >= 0.3 is 5.97 Å². The SMILES string of the molecule is CCCC(CCC)C(=O)OCC1(CCc2c(C)nc3n(c2=O)CCCC3)CCC(c2noc3cc(F)ccc23)CC1.[I-]. The number of fused-ring (bicyclic) bond motifs is 2. The van der Waals surface area contributed by atoms with Gasteiger partial charge in [0, 0.05) is 47.0 Å². The van der Waals surface area contributed by atoms with Crippen LogP contribution in [0.25, 0.3) is 11.0 Å². The highest BCUT2D eigenvalue weighted by atomic mass is 127. The first-order valence-electron chi connectivity index (χ1n) is 15.6. The minimum Gasteiger partial charge on any atom is -1.00 e. The summed E-state index contributed by atoms with van der Waals surface area (Å²) in [6, 6.07) is 4.59. The number of halogens is 2. The molecule has 0 atom stereocenters. The molecule has 0 bridgehead atoms. The maximum atomic E-state index is 13.7. The summed E-state index contributed by atoms with van der Waals surface area (Å²) in [5.41, 5.74) is 2.85. The number of nitrogens with zero attached hydrogens (tertiary/aromatic N) is 3. The van der Waals surface area contributed by atoms with Gasteiger partial charge in [0.1, 0.15) is 11.6 Å². The number of aromatic nitrogens is 3. The van der Waals surface area contributed by atoms with Gasteiger partial charge in [-0.3, -0.25) is 14.2 Å². The lowest BCUT2D eigenvalue weighted by molar-refractivity contribution is -0.154. The summed E-state index contributed by atoms with van der Waals surface area (Å²) in [6.07, 6.45) is 11.4. The molecule has 1 aliphatic carbocycles. The van der Waals surface area contributed by atoms with Crippen molar-refractivity contribution in [3.63, 3.8) is 0 Å². The van der Waals surface area contributed by atoms with E-state index in [1.165, 1.54) is 12.1 Å². The summed E-state index contributed by atoms with van der Waals surface area (Å²) in [5, 5.41) is 5.19. The fourth-order valence-electron chi connectivity index (χ4n) is 7.02. The van der Waals surface area contributed by atoms with E-state index in [1.807, 2.05) is 11.5 Å². The molecule has 1 saturated carbocycles. The quantitative estimate of drug-likeness (QED) is 0.221. The average molecular weight is 693 g/mol. The lowest BCUT2D eigenvalue weighted by Gasteiger charge is -2.40. The van der Waals surface area contributed by atoms with Crippen LogP contribution in [0.5, 0.6) is 0 Å². The van der Waals surface area contributed by atoms with E-state index in [0.29, 0.717) is 18.6 Å². The van der Waals surface area contributed by atoms with E-state index in [9.17, 15) is 14.0 Å². The number of benzene rings is 1. The van der Waals surface area contributed by atoms with Gasteiger partial charge < -0.3 is 33.2 Å². The van der Waals surface area contributed by atoms with E-state index in [0.717, 1.165) is 112 Å². The monoisotopic (exact) mass is 692 g/mol. The number of carbonyl (C=O) groups is 1. The summed E-state index contributed by atoms with van der Waals surface area (Å²) < 4.78 is 27.1. The Morgan fingerprint density at radius 2 is 1.93 bits per heavy atom. The largest absolute Gasteiger partial charge is 1.00 e. The molecule has 0 unspecified atom stereocenters. The number of hydrogen-bond donors (Lipinski definition) is 0. The zero-order valence-electron chi connectivity index (χ0n) is 25.2. The van der Waals surface area contributed by atoms with E-state index in [2.05, 4.69) is 19.0 Å². The molecule has 0 radical (unpaired) electrons. The van der Waals surface area contributed by atoms with Crippen molar-refractivity contribution in [2.24, 2.45) is 11.3 Å². The molecule has 0 spiro atoms. The first kappa shape index (κ1) is 32.6. The number of ether oxygens (including phenoxy) is 1. The fourth-order valence-corrected chi connectivity index (χ4v) is 7.02. The Hall–Kier alpha value is -2.30. The Kier molecular flexibility index (Phi) is 11.2. The number of hydrogen-bond acceptors (Lipinski definition) is 6. The van der Waals surface area contributed by atoms with Crippen LogP contribution in [0.4, 0.5) is 4.39 Å². The second-order valence-corrected chi connectivity index (χ2v) is 12.4. The van der Waals surface area contributed by atoms with Crippen molar-refractivity contribution in [3.8, 4) is 0 Å². The van der Waals surface area contributed by atoms with Crippen LogP contribution in [0.2, 0.25) is 0 Å². The fraction of sp³-hybridized carbons (Fsp3) is 0.636. The Morgan fingerprint density at radius 1 is 1.19 bits per heavy atom. The molecule has 3 heterocycles. The van der Waals surface area contributed by atoms with E-state index in [1.54, 1.807) is 6.07 Å². The van der Waals surface area contributed by atoms with Crippen LogP contribution in [-0.2, 0) is 28.9 Å². The second-order valence-electron chi connectivity index (χ2n) is 12.4. The van der Waals surface area contributed by atoms with Crippen LogP contribution >= 0.6 is 0 Å². The van der Waals surface area contributed by atoms with Gasteiger partial charge in [0.15, 0.2) is 5.58 Å². The zero-order chi connectivity index (χ0) is 29.0. The summed E-state index contributed by atoms with van der Waals surface area (Å²) >= 11 is 0. The maximum Gasteiger partial charge on any atom is 0.308 e.